The first-order chi connectivity index (χ1) is 8.65. The van der Waals surface area contributed by atoms with Crippen molar-refractivity contribution >= 4 is 11.4 Å². The lowest BCUT2D eigenvalue weighted by Gasteiger charge is -2.22. The van der Waals surface area contributed by atoms with Gasteiger partial charge < -0.3 is 9.74 Å². The molecule has 1 saturated heterocycles. The van der Waals surface area contributed by atoms with Gasteiger partial charge in [0.1, 0.15) is 0 Å². The Labute approximate surface area is 105 Å². The summed E-state index contributed by atoms with van der Waals surface area (Å²) in [5, 5.41) is 14.6. The van der Waals surface area contributed by atoms with Gasteiger partial charge in [-0.15, -0.1) is 0 Å². The highest BCUT2D eigenvalue weighted by Crippen LogP contribution is 2.18. The van der Waals surface area contributed by atoms with E-state index in [0.29, 0.717) is 5.75 Å². The highest BCUT2D eigenvalue weighted by atomic mass is 16.6. The van der Waals surface area contributed by atoms with Gasteiger partial charge in [0, 0.05) is 38.1 Å². The fraction of sp³-hybridized carbons (Fsp3) is 0.417. The lowest BCUT2D eigenvalue weighted by Crippen LogP contribution is -2.30. The van der Waals surface area contributed by atoms with Gasteiger partial charge in [-0.2, -0.15) is 0 Å². The second-order valence-electron chi connectivity index (χ2n) is 4.30. The Morgan fingerprint density at radius 2 is 1.89 bits per heavy atom. The van der Waals surface area contributed by atoms with Gasteiger partial charge in [0.25, 0.3) is 5.69 Å². The first-order valence-corrected chi connectivity index (χ1v) is 5.81. The van der Waals surface area contributed by atoms with Crippen LogP contribution < -0.4 is 4.84 Å². The van der Waals surface area contributed by atoms with Crippen LogP contribution in [-0.4, -0.2) is 35.7 Å². The summed E-state index contributed by atoms with van der Waals surface area (Å²) in [4.78, 5) is 17.5. The molecule has 0 radical (unpaired) electrons. The zero-order chi connectivity index (χ0) is 13.0. The number of hydrogen-bond acceptors (Lipinski definition) is 5. The van der Waals surface area contributed by atoms with Gasteiger partial charge in [-0.05, 0) is 19.2 Å². The molecular formula is C12H15N3O3. The van der Waals surface area contributed by atoms with E-state index in [0.717, 1.165) is 31.6 Å². The number of hydrogen-bond donors (Lipinski definition) is 0. The smallest absolute Gasteiger partial charge is 0.269 e. The molecule has 0 N–H and O–H groups in total. The Bertz CT molecular complexity index is 446. The third-order valence-corrected chi connectivity index (χ3v) is 2.89. The van der Waals surface area contributed by atoms with Crippen LogP contribution in [-0.2, 0) is 0 Å². The summed E-state index contributed by atoms with van der Waals surface area (Å²) in [7, 11) is 2.08. The average Bonchev–Trinajstić information content (AvgIpc) is 2.38. The summed E-state index contributed by atoms with van der Waals surface area (Å²) in [5.41, 5.74) is 1.08. The fourth-order valence-electron chi connectivity index (χ4n) is 1.71. The number of nitrogens with zero attached hydrogens (tertiary/aromatic N) is 3. The van der Waals surface area contributed by atoms with Crippen molar-refractivity contribution < 1.29 is 9.76 Å². The van der Waals surface area contributed by atoms with Crippen molar-refractivity contribution in [3.05, 3.63) is 34.4 Å². The third kappa shape index (κ3) is 3.27. The molecule has 1 aliphatic rings. The minimum atomic E-state index is -0.438. The zero-order valence-corrected chi connectivity index (χ0v) is 10.2. The number of likely N-dealkylation sites (tertiary alicyclic amines) is 1. The van der Waals surface area contributed by atoms with E-state index in [9.17, 15) is 10.1 Å². The van der Waals surface area contributed by atoms with Gasteiger partial charge in [0.05, 0.1) is 10.6 Å². The fourth-order valence-corrected chi connectivity index (χ4v) is 1.71. The lowest BCUT2D eigenvalue weighted by molar-refractivity contribution is -0.384. The first-order valence-electron chi connectivity index (χ1n) is 5.81. The molecule has 1 aliphatic heterocycles. The monoisotopic (exact) mass is 249 g/mol. The number of oxime groups is 1. The van der Waals surface area contributed by atoms with Gasteiger partial charge in [-0.3, -0.25) is 10.1 Å². The summed E-state index contributed by atoms with van der Waals surface area (Å²) in [5.74, 6) is 0.520. The number of nitro groups is 1. The summed E-state index contributed by atoms with van der Waals surface area (Å²) in [6, 6.07) is 5.92. The number of benzene rings is 1. The number of non-ortho nitro benzene ring substituents is 1. The first kappa shape index (κ1) is 12.5. The SMILES string of the molecule is CN1CCC(=NOc2ccc([N+](=O)[O-])cc2)CC1. The molecule has 2 rings (SSSR count). The summed E-state index contributed by atoms with van der Waals surface area (Å²) < 4.78 is 0. The Morgan fingerprint density at radius 3 is 2.44 bits per heavy atom. The Kier molecular flexibility index (Phi) is 3.88. The van der Waals surface area contributed by atoms with Crippen molar-refractivity contribution in [2.45, 2.75) is 12.8 Å². The molecule has 18 heavy (non-hydrogen) atoms. The molecule has 0 spiro atoms. The maximum atomic E-state index is 10.5. The lowest BCUT2D eigenvalue weighted by atomic mass is 10.1. The van der Waals surface area contributed by atoms with Gasteiger partial charge in [0.2, 0.25) is 0 Å². The maximum Gasteiger partial charge on any atom is 0.269 e. The second-order valence-corrected chi connectivity index (χ2v) is 4.30. The Balaban J connectivity index is 1.93. The summed E-state index contributed by atoms with van der Waals surface area (Å²) >= 11 is 0. The van der Waals surface area contributed by atoms with E-state index in [1.54, 1.807) is 12.1 Å². The molecule has 1 aromatic rings. The molecule has 6 heteroatoms. The van der Waals surface area contributed by atoms with Crippen molar-refractivity contribution in [1.82, 2.24) is 4.90 Å². The van der Waals surface area contributed by atoms with Crippen LogP contribution in [0.2, 0.25) is 0 Å². The molecule has 1 fully saturated rings. The van der Waals surface area contributed by atoms with E-state index in [-0.39, 0.29) is 5.69 Å². The van der Waals surface area contributed by atoms with Crippen LogP contribution in [0.5, 0.6) is 5.75 Å². The number of rotatable bonds is 3. The predicted octanol–water partition coefficient (Wildman–Crippen LogP) is 2.06. The zero-order valence-electron chi connectivity index (χ0n) is 10.2. The van der Waals surface area contributed by atoms with Crippen molar-refractivity contribution in [2.75, 3.05) is 20.1 Å². The van der Waals surface area contributed by atoms with E-state index < -0.39 is 4.92 Å². The highest BCUT2D eigenvalue weighted by Gasteiger charge is 2.11. The molecule has 0 unspecified atom stereocenters. The van der Waals surface area contributed by atoms with Crippen molar-refractivity contribution in [3.8, 4) is 5.75 Å². The predicted molar refractivity (Wildman–Crippen MR) is 67.9 cm³/mol. The molecular weight excluding hydrogens is 234 g/mol. The van der Waals surface area contributed by atoms with Crippen LogP contribution in [0.1, 0.15) is 12.8 Å². The Hall–Kier alpha value is -1.95. The minimum Gasteiger partial charge on any atom is -0.357 e. The highest BCUT2D eigenvalue weighted by molar-refractivity contribution is 5.85. The second kappa shape index (κ2) is 5.59. The molecule has 6 nitrogen and oxygen atoms in total. The van der Waals surface area contributed by atoms with Crippen LogP contribution in [0, 0.1) is 10.1 Å². The van der Waals surface area contributed by atoms with E-state index in [2.05, 4.69) is 17.1 Å². The van der Waals surface area contributed by atoms with Crippen molar-refractivity contribution in [1.29, 1.82) is 0 Å². The molecule has 0 atom stereocenters. The largest absolute Gasteiger partial charge is 0.357 e. The molecule has 0 aromatic heterocycles. The number of nitro benzene ring substituents is 1. The van der Waals surface area contributed by atoms with Gasteiger partial charge in [-0.25, -0.2) is 0 Å². The molecule has 96 valence electrons. The quantitative estimate of drug-likeness (QED) is 0.607. The minimum absolute atomic E-state index is 0.0503. The van der Waals surface area contributed by atoms with Crippen LogP contribution in [0.25, 0.3) is 0 Å². The molecule has 1 heterocycles. The molecule has 0 aliphatic carbocycles. The van der Waals surface area contributed by atoms with E-state index >= 15 is 0 Å². The van der Waals surface area contributed by atoms with Crippen LogP contribution in [0.4, 0.5) is 5.69 Å². The van der Waals surface area contributed by atoms with Crippen molar-refractivity contribution in [2.24, 2.45) is 5.16 Å². The molecule has 0 amide bonds. The van der Waals surface area contributed by atoms with Crippen LogP contribution in [0.15, 0.2) is 29.4 Å². The molecule has 1 aromatic carbocycles. The van der Waals surface area contributed by atoms with Gasteiger partial charge in [-0.1, -0.05) is 5.16 Å². The maximum absolute atomic E-state index is 10.5. The standard InChI is InChI=1S/C12H15N3O3/c1-14-8-6-10(7-9-14)13-18-12-4-2-11(3-5-12)15(16)17/h2-5H,6-9H2,1H3. The van der Waals surface area contributed by atoms with E-state index in [1.165, 1.54) is 12.1 Å². The van der Waals surface area contributed by atoms with E-state index in [1.807, 2.05) is 0 Å². The van der Waals surface area contributed by atoms with Crippen molar-refractivity contribution in [3.63, 3.8) is 0 Å². The molecule has 0 bridgehead atoms. The van der Waals surface area contributed by atoms with Gasteiger partial charge >= 0.3 is 0 Å². The summed E-state index contributed by atoms with van der Waals surface area (Å²) in [6.45, 7) is 1.98. The topological polar surface area (TPSA) is 68.0 Å². The van der Waals surface area contributed by atoms with Crippen LogP contribution in [0.3, 0.4) is 0 Å². The summed E-state index contributed by atoms with van der Waals surface area (Å²) in [6.07, 6.45) is 1.81. The van der Waals surface area contributed by atoms with E-state index in [4.69, 9.17) is 4.84 Å². The molecule has 0 saturated carbocycles. The van der Waals surface area contributed by atoms with Crippen LogP contribution >= 0.6 is 0 Å². The third-order valence-electron chi connectivity index (χ3n) is 2.89. The number of piperidine rings is 1. The normalized spacial score (nSPS) is 16.4. The Morgan fingerprint density at radius 1 is 1.28 bits per heavy atom. The van der Waals surface area contributed by atoms with Gasteiger partial charge in [0.15, 0.2) is 5.75 Å². The average molecular weight is 249 g/mol.